The van der Waals surface area contributed by atoms with E-state index in [1.54, 1.807) is 0 Å². The highest BCUT2D eigenvalue weighted by molar-refractivity contribution is 8.00. The van der Waals surface area contributed by atoms with Gasteiger partial charge in [0.25, 0.3) is 0 Å². The van der Waals surface area contributed by atoms with E-state index >= 15 is 0 Å². The van der Waals surface area contributed by atoms with Crippen molar-refractivity contribution in [1.29, 1.82) is 0 Å². The van der Waals surface area contributed by atoms with Crippen molar-refractivity contribution in [1.82, 2.24) is 14.8 Å². The molecule has 5 nitrogen and oxygen atoms in total. The van der Waals surface area contributed by atoms with Crippen molar-refractivity contribution in [3.63, 3.8) is 0 Å². The van der Waals surface area contributed by atoms with Crippen LogP contribution in [0.5, 0.6) is 0 Å². The topological polar surface area (TPSA) is 59.8 Å². The van der Waals surface area contributed by atoms with Gasteiger partial charge < -0.3 is 9.88 Å². The largest absolute Gasteiger partial charge is 0.325 e. The fourth-order valence-electron chi connectivity index (χ4n) is 2.31. The lowest BCUT2D eigenvalue weighted by molar-refractivity contribution is -0.115. The lowest BCUT2D eigenvalue weighted by atomic mass is 10.3. The number of allylic oxidation sites excluding steroid dienone is 1. The molecule has 1 aromatic heterocycles. The Morgan fingerprint density at radius 1 is 1.43 bits per heavy atom. The molecule has 0 spiro atoms. The van der Waals surface area contributed by atoms with E-state index in [2.05, 4.69) is 26.7 Å². The fourth-order valence-corrected chi connectivity index (χ4v) is 3.17. The Labute approximate surface area is 140 Å². The van der Waals surface area contributed by atoms with Crippen molar-refractivity contribution >= 4 is 23.4 Å². The average Bonchev–Trinajstić information content (AvgIpc) is 3.32. The summed E-state index contributed by atoms with van der Waals surface area (Å²) in [4.78, 5) is 12.3. The van der Waals surface area contributed by atoms with Crippen LogP contribution in [0.3, 0.4) is 0 Å². The third-order valence-electron chi connectivity index (χ3n) is 3.69. The molecular formula is C17H20N4OS. The van der Waals surface area contributed by atoms with Gasteiger partial charge in [-0.2, -0.15) is 0 Å². The Morgan fingerprint density at radius 3 is 2.83 bits per heavy atom. The molecule has 3 rings (SSSR count). The molecule has 1 aliphatic rings. The Balaban J connectivity index is 1.68. The number of carbonyl (C=O) groups is 1. The van der Waals surface area contributed by atoms with Crippen LogP contribution in [0.1, 0.15) is 31.5 Å². The van der Waals surface area contributed by atoms with Gasteiger partial charge in [-0.25, -0.2) is 0 Å². The maximum Gasteiger partial charge on any atom is 0.237 e. The van der Waals surface area contributed by atoms with E-state index in [4.69, 9.17) is 0 Å². The highest BCUT2D eigenvalue weighted by atomic mass is 32.2. The normalized spacial score (nSPS) is 15.2. The lowest BCUT2D eigenvalue weighted by Crippen LogP contribution is -2.23. The second-order valence-electron chi connectivity index (χ2n) is 5.63. The number of nitrogens with zero attached hydrogens (tertiary/aromatic N) is 3. The molecule has 1 atom stereocenters. The van der Waals surface area contributed by atoms with Crippen LogP contribution in [-0.4, -0.2) is 25.9 Å². The van der Waals surface area contributed by atoms with Crippen LogP contribution >= 0.6 is 11.8 Å². The van der Waals surface area contributed by atoms with Crippen LogP contribution in [-0.2, 0) is 11.3 Å². The van der Waals surface area contributed by atoms with Gasteiger partial charge in [-0.15, -0.1) is 16.8 Å². The summed E-state index contributed by atoms with van der Waals surface area (Å²) in [5.41, 5.74) is 0.802. The summed E-state index contributed by atoms with van der Waals surface area (Å²) in [7, 11) is 0. The third-order valence-corrected chi connectivity index (χ3v) is 4.77. The van der Waals surface area contributed by atoms with E-state index < -0.39 is 0 Å². The van der Waals surface area contributed by atoms with Crippen molar-refractivity contribution in [3.8, 4) is 0 Å². The number of anilines is 1. The smallest absolute Gasteiger partial charge is 0.237 e. The molecule has 120 valence electrons. The summed E-state index contributed by atoms with van der Waals surface area (Å²) in [5, 5.41) is 12.0. The first-order chi connectivity index (χ1) is 11.2. The van der Waals surface area contributed by atoms with E-state index in [0.717, 1.165) is 16.7 Å². The van der Waals surface area contributed by atoms with Crippen molar-refractivity contribution in [3.05, 3.63) is 48.8 Å². The standard InChI is InChI=1S/C17H20N4OS/c1-3-11-21-15(13-9-10-13)19-20-17(21)23-12(2)16(22)18-14-7-5-4-6-8-14/h3-8,12-13H,1,9-11H2,2H3,(H,18,22). The van der Waals surface area contributed by atoms with Gasteiger partial charge in [0, 0.05) is 18.2 Å². The molecule has 1 N–H and O–H groups in total. The summed E-state index contributed by atoms with van der Waals surface area (Å²) in [6.45, 7) is 6.36. The number of amides is 1. The number of carbonyl (C=O) groups excluding carboxylic acids is 1. The number of benzene rings is 1. The van der Waals surface area contributed by atoms with Gasteiger partial charge in [-0.3, -0.25) is 4.79 Å². The molecule has 1 fully saturated rings. The molecule has 0 saturated heterocycles. The number of hydrogen-bond acceptors (Lipinski definition) is 4. The SMILES string of the molecule is C=CCn1c(SC(C)C(=O)Nc2ccccc2)nnc1C1CC1. The van der Waals surface area contributed by atoms with Gasteiger partial charge in [0.1, 0.15) is 5.82 Å². The molecule has 1 aromatic carbocycles. The number of aromatic nitrogens is 3. The van der Waals surface area contributed by atoms with E-state index in [0.29, 0.717) is 12.5 Å². The summed E-state index contributed by atoms with van der Waals surface area (Å²) in [6.07, 6.45) is 4.18. The van der Waals surface area contributed by atoms with Crippen molar-refractivity contribution < 1.29 is 4.79 Å². The van der Waals surface area contributed by atoms with Gasteiger partial charge in [0.15, 0.2) is 5.16 Å². The van der Waals surface area contributed by atoms with E-state index in [1.165, 1.54) is 24.6 Å². The molecule has 1 saturated carbocycles. The van der Waals surface area contributed by atoms with Crippen LogP contribution in [0.2, 0.25) is 0 Å². The van der Waals surface area contributed by atoms with Gasteiger partial charge in [-0.05, 0) is 31.9 Å². The molecule has 1 heterocycles. The number of para-hydroxylation sites is 1. The molecule has 2 aromatic rings. The zero-order chi connectivity index (χ0) is 16.2. The second-order valence-corrected chi connectivity index (χ2v) is 6.94. The summed E-state index contributed by atoms with van der Waals surface area (Å²) in [5.74, 6) is 1.50. The molecule has 6 heteroatoms. The van der Waals surface area contributed by atoms with E-state index in [9.17, 15) is 4.79 Å². The molecule has 1 amide bonds. The Hall–Kier alpha value is -2.08. The monoisotopic (exact) mass is 328 g/mol. The Morgan fingerprint density at radius 2 is 2.17 bits per heavy atom. The number of hydrogen-bond donors (Lipinski definition) is 1. The molecule has 0 bridgehead atoms. The molecule has 1 unspecified atom stereocenters. The van der Waals surface area contributed by atoms with Crippen molar-refractivity contribution in [2.45, 2.75) is 42.6 Å². The van der Waals surface area contributed by atoms with Crippen LogP contribution in [0.15, 0.2) is 48.1 Å². The maximum absolute atomic E-state index is 12.3. The predicted molar refractivity (Wildman–Crippen MR) is 92.6 cm³/mol. The molecule has 23 heavy (non-hydrogen) atoms. The average molecular weight is 328 g/mol. The van der Waals surface area contributed by atoms with Crippen molar-refractivity contribution in [2.75, 3.05) is 5.32 Å². The number of thioether (sulfide) groups is 1. The summed E-state index contributed by atoms with van der Waals surface area (Å²) in [6, 6.07) is 9.47. The first-order valence-electron chi connectivity index (χ1n) is 7.75. The zero-order valence-electron chi connectivity index (χ0n) is 13.1. The van der Waals surface area contributed by atoms with Gasteiger partial charge in [0.2, 0.25) is 5.91 Å². The first-order valence-corrected chi connectivity index (χ1v) is 8.63. The van der Waals surface area contributed by atoms with Crippen molar-refractivity contribution in [2.24, 2.45) is 0 Å². The van der Waals surface area contributed by atoms with Gasteiger partial charge in [0.05, 0.1) is 5.25 Å². The van der Waals surface area contributed by atoms with Crippen LogP contribution in [0.4, 0.5) is 5.69 Å². The summed E-state index contributed by atoms with van der Waals surface area (Å²) >= 11 is 1.43. The molecular weight excluding hydrogens is 308 g/mol. The summed E-state index contributed by atoms with van der Waals surface area (Å²) < 4.78 is 2.07. The molecule has 0 radical (unpaired) electrons. The molecule has 1 aliphatic carbocycles. The fraction of sp³-hybridized carbons (Fsp3) is 0.353. The van der Waals surface area contributed by atoms with Crippen LogP contribution in [0.25, 0.3) is 0 Å². The van der Waals surface area contributed by atoms with E-state index in [-0.39, 0.29) is 11.2 Å². The highest BCUT2D eigenvalue weighted by Crippen LogP contribution is 2.40. The minimum atomic E-state index is -0.255. The molecule has 0 aliphatic heterocycles. The van der Waals surface area contributed by atoms with E-state index in [1.807, 2.05) is 43.3 Å². The minimum absolute atomic E-state index is 0.0395. The highest BCUT2D eigenvalue weighted by Gasteiger charge is 2.30. The van der Waals surface area contributed by atoms with Gasteiger partial charge in [-0.1, -0.05) is 36.0 Å². The van der Waals surface area contributed by atoms with Gasteiger partial charge >= 0.3 is 0 Å². The maximum atomic E-state index is 12.3. The van der Waals surface area contributed by atoms with Crippen LogP contribution in [0, 0.1) is 0 Å². The second kappa shape index (κ2) is 7.00. The Bertz CT molecular complexity index is 694. The quantitative estimate of drug-likeness (QED) is 0.624. The number of nitrogens with one attached hydrogen (secondary N) is 1. The third kappa shape index (κ3) is 3.82. The number of rotatable bonds is 7. The Kier molecular flexibility index (Phi) is 4.81. The van der Waals surface area contributed by atoms with Crippen LogP contribution < -0.4 is 5.32 Å². The predicted octanol–water partition coefficient (Wildman–Crippen LogP) is 3.46. The zero-order valence-corrected chi connectivity index (χ0v) is 13.9. The lowest BCUT2D eigenvalue weighted by Gasteiger charge is -2.12. The minimum Gasteiger partial charge on any atom is -0.325 e. The first kappa shape index (κ1) is 15.8.